The van der Waals surface area contributed by atoms with Crippen molar-refractivity contribution in [1.29, 1.82) is 0 Å². The number of hydrogen-bond donors (Lipinski definition) is 3. The van der Waals surface area contributed by atoms with Gasteiger partial charge >= 0.3 is 0 Å². The number of aromatic amines is 1. The van der Waals surface area contributed by atoms with Crippen LogP contribution in [-0.2, 0) is 14.3 Å². The van der Waals surface area contributed by atoms with Gasteiger partial charge in [-0.15, -0.1) is 0 Å². The molecule has 9 heteroatoms. The summed E-state index contributed by atoms with van der Waals surface area (Å²) in [5.41, 5.74) is 2.42. The molecule has 0 aliphatic heterocycles. The molecule has 2 aromatic carbocycles. The van der Waals surface area contributed by atoms with Gasteiger partial charge in [-0.2, -0.15) is 0 Å². The number of methoxy groups -OCH3 is 1. The first-order chi connectivity index (χ1) is 17.0. The van der Waals surface area contributed by atoms with Crippen LogP contribution in [0.2, 0.25) is 0 Å². The molecule has 36 heavy (non-hydrogen) atoms. The third-order valence-corrected chi connectivity index (χ3v) is 6.19. The second-order valence-corrected chi connectivity index (χ2v) is 9.88. The molecule has 1 aliphatic rings. The fourth-order valence-corrected chi connectivity index (χ4v) is 4.10. The van der Waals surface area contributed by atoms with Gasteiger partial charge in [0.2, 0.25) is 12.3 Å². The average Bonchev–Trinajstić information content (AvgIpc) is 3.16. The summed E-state index contributed by atoms with van der Waals surface area (Å²) < 4.78 is 46.6. The van der Waals surface area contributed by atoms with E-state index in [-0.39, 0.29) is 41.2 Å². The highest BCUT2D eigenvalue weighted by Crippen LogP contribution is 2.48. The lowest BCUT2D eigenvalue weighted by Gasteiger charge is -2.36. The van der Waals surface area contributed by atoms with E-state index < -0.39 is 11.6 Å². The number of nitrogens with one attached hydrogen (secondary N) is 3. The van der Waals surface area contributed by atoms with Gasteiger partial charge in [0.15, 0.2) is 0 Å². The van der Waals surface area contributed by atoms with Crippen LogP contribution in [0, 0.1) is 23.4 Å². The Bertz CT molecular complexity index is 1200. The average molecular weight is 504 g/mol. The predicted octanol–water partition coefficient (Wildman–Crippen LogP) is 5.04. The molecule has 0 spiro atoms. The zero-order valence-electron chi connectivity index (χ0n) is 20.9. The topological polar surface area (TPSA) is 83.2 Å². The quantitative estimate of drug-likeness (QED) is 0.395. The minimum Gasteiger partial charge on any atom is -0.379 e. The van der Waals surface area contributed by atoms with Crippen LogP contribution in [0.1, 0.15) is 45.1 Å². The first kappa shape index (κ1) is 27.3. The van der Waals surface area contributed by atoms with Gasteiger partial charge in [-0.1, -0.05) is 0 Å². The van der Waals surface area contributed by atoms with Crippen molar-refractivity contribution in [3.63, 3.8) is 0 Å². The van der Waals surface area contributed by atoms with Crippen LogP contribution in [0.4, 0.5) is 13.2 Å². The van der Waals surface area contributed by atoms with E-state index in [9.17, 15) is 22.8 Å². The molecule has 1 aliphatic carbocycles. The number of hydrogen-bond acceptors (Lipinski definition) is 3. The largest absolute Gasteiger partial charge is 0.379 e. The molecule has 1 saturated carbocycles. The molecule has 4 rings (SSSR count). The molecular weight excluding hydrogens is 471 g/mol. The van der Waals surface area contributed by atoms with Gasteiger partial charge in [0, 0.05) is 25.1 Å². The normalized spacial score (nSPS) is 17.1. The molecule has 1 heterocycles. The Hall–Kier alpha value is -3.33. The van der Waals surface area contributed by atoms with Crippen molar-refractivity contribution in [3.8, 4) is 11.3 Å². The Kier molecular flexibility index (Phi) is 8.79. The maximum Gasteiger partial charge on any atom is 0.239 e. The zero-order valence-corrected chi connectivity index (χ0v) is 20.9. The van der Waals surface area contributed by atoms with Crippen LogP contribution in [0.5, 0.6) is 0 Å². The second-order valence-electron chi connectivity index (χ2n) is 9.88. The molecule has 1 aromatic heterocycles. The summed E-state index contributed by atoms with van der Waals surface area (Å²) in [6.45, 7) is 6.45. The molecule has 0 atom stereocenters. The maximum absolute atomic E-state index is 14.4. The molecule has 2 amide bonds. The number of amides is 2. The highest BCUT2D eigenvalue weighted by Gasteiger charge is 2.34. The van der Waals surface area contributed by atoms with Gasteiger partial charge in [0.25, 0.3) is 0 Å². The predicted molar refractivity (Wildman–Crippen MR) is 133 cm³/mol. The van der Waals surface area contributed by atoms with E-state index in [1.807, 2.05) is 20.8 Å². The standard InChI is InChI=1S/C22H20F3N3O2.C5H12O/c23-15-3-1-13(2-4-15)21-20(17-7-16(24)8-18(25)22(17)28-21)14-5-12(6-14)9-27-19(30)10-26-11-29;1-5(2,3)6-4/h1-4,7-8,11-12,14,28H,5-6,9-10H2,(H,26,29)(H,27,30);1-4H3. The molecule has 3 N–H and O–H groups in total. The van der Waals surface area contributed by atoms with E-state index in [0.717, 1.165) is 24.5 Å². The fourth-order valence-electron chi connectivity index (χ4n) is 4.10. The van der Waals surface area contributed by atoms with E-state index in [0.29, 0.717) is 29.6 Å². The van der Waals surface area contributed by atoms with Crippen LogP contribution < -0.4 is 10.6 Å². The lowest BCUT2D eigenvalue weighted by atomic mass is 9.70. The van der Waals surface area contributed by atoms with Gasteiger partial charge in [-0.3, -0.25) is 9.59 Å². The number of rotatable bonds is 7. The van der Waals surface area contributed by atoms with Crippen molar-refractivity contribution in [2.75, 3.05) is 20.2 Å². The Morgan fingerprint density at radius 2 is 1.75 bits per heavy atom. The third-order valence-electron chi connectivity index (χ3n) is 6.19. The summed E-state index contributed by atoms with van der Waals surface area (Å²) in [5, 5.41) is 5.55. The molecule has 6 nitrogen and oxygen atoms in total. The van der Waals surface area contributed by atoms with Crippen LogP contribution >= 0.6 is 0 Å². The molecular formula is C27H32F3N3O3. The molecule has 0 saturated heterocycles. The number of carbonyl (C=O) groups excluding carboxylic acids is 2. The van der Waals surface area contributed by atoms with E-state index in [2.05, 4.69) is 15.6 Å². The number of aromatic nitrogens is 1. The first-order valence-electron chi connectivity index (χ1n) is 11.8. The van der Waals surface area contributed by atoms with Crippen LogP contribution in [0.3, 0.4) is 0 Å². The minimum atomic E-state index is -0.676. The number of H-pyrrole nitrogens is 1. The Morgan fingerprint density at radius 3 is 2.33 bits per heavy atom. The number of carbonyl (C=O) groups is 2. The molecule has 0 bridgehead atoms. The Labute approximate surface area is 208 Å². The lowest BCUT2D eigenvalue weighted by Crippen LogP contribution is -2.39. The van der Waals surface area contributed by atoms with Crippen molar-refractivity contribution in [2.24, 2.45) is 5.92 Å². The smallest absolute Gasteiger partial charge is 0.239 e. The molecule has 0 unspecified atom stereocenters. The monoisotopic (exact) mass is 503 g/mol. The summed E-state index contributed by atoms with van der Waals surface area (Å²) in [4.78, 5) is 24.9. The van der Waals surface area contributed by atoms with E-state index >= 15 is 0 Å². The molecule has 3 aromatic rings. The number of fused-ring (bicyclic) bond motifs is 1. The second kappa shape index (κ2) is 11.6. The van der Waals surface area contributed by atoms with E-state index in [1.165, 1.54) is 18.2 Å². The van der Waals surface area contributed by atoms with Crippen LogP contribution in [0.15, 0.2) is 36.4 Å². The summed E-state index contributed by atoms with van der Waals surface area (Å²) in [7, 11) is 1.71. The SMILES string of the molecule is COC(C)(C)C.O=CNCC(=O)NCC1CC(c2c(-c3ccc(F)cc3)[nH]c3c(F)cc(F)cc23)C1. The highest BCUT2D eigenvalue weighted by molar-refractivity contribution is 5.92. The minimum absolute atomic E-state index is 0.0417. The van der Waals surface area contributed by atoms with Crippen molar-refractivity contribution >= 4 is 23.2 Å². The fraction of sp³-hybridized carbons (Fsp3) is 0.407. The number of halogens is 3. The molecule has 1 fully saturated rings. The van der Waals surface area contributed by atoms with Crippen molar-refractivity contribution < 1.29 is 27.5 Å². The van der Waals surface area contributed by atoms with E-state index in [1.54, 1.807) is 19.2 Å². The van der Waals surface area contributed by atoms with Gasteiger partial charge in [-0.25, -0.2) is 13.2 Å². The van der Waals surface area contributed by atoms with Crippen molar-refractivity contribution in [3.05, 3.63) is 59.4 Å². The van der Waals surface area contributed by atoms with Gasteiger partial charge < -0.3 is 20.4 Å². The molecule has 0 radical (unpaired) electrons. The van der Waals surface area contributed by atoms with Crippen LogP contribution in [0.25, 0.3) is 22.2 Å². The Morgan fingerprint density at radius 1 is 1.11 bits per heavy atom. The first-order valence-corrected chi connectivity index (χ1v) is 11.8. The van der Waals surface area contributed by atoms with Crippen LogP contribution in [-0.4, -0.2) is 43.1 Å². The summed E-state index contributed by atoms with van der Waals surface area (Å²) in [6.07, 6.45) is 1.94. The number of benzene rings is 2. The zero-order chi connectivity index (χ0) is 26.5. The van der Waals surface area contributed by atoms with E-state index in [4.69, 9.17) is 4.74 Å². The lowest BCUT2D eigenvalue weighted by molar-refractivity contribution is -0.122. The summed E-state index contributed by atoms with van der Waals surface area (Å²) >= 11 is 0. The summed E-state index contributed by atoms with van der Waals surface area (Å²) in [6, 6.07) is 8.02. The molecule has 194 valence electrons. The van der Waals surface area contributed by atoms with Gasteiger partial charge in [0.1, 0.15) is 17.5 Å². The summed E-state index contributed by atoms with van der Waals surface area (Å²) in [5.74, 6) is -1.71. The third kappa shape index (κ3) is 6.87. The number of ether oxygens (including phenoxy) is 1. The maximum atomic E-state index is 14.4. The van der Waals surface area contributed by atoms with Gasteiger partial charge in [0.05, 0.1) is 23.4 Å². The highest BCUT2D eigenvalue weighted by atomic mass is 19.1. The van der Waals surface area contributed by atoms with Crippen molar-refractivity contribution in [2.45, 2.75) is 45.1 Å². The van der Waals surface area contributed by atoms with Gasteiger partial charge in [-0.05, 0) is 86.9 Å². The van der Waals surface area contributed by atoms with Crippen molar-refractivity contribution in [1.82, 2.24) is 15.6 Å². The Balaban J connectivity index is 0.000000538.